The number of benzene rings is 2. The molecule has 2 aromatic rings. The summed E-state index contributed by atoms with van der Waals surface area (Å²) in [7, 11) is -3.04. The maximum atomic E-state index is 12.8. The van der Waals surface area contributed by atoms with Gasteiger partial charge >= 0.3 is 0 Å². The summed E-state index contributed by atoms with van der Waals surface area (Å²) in [6.07, 6.45) is 0.509. The second kappa shape index (κ2) is 7.66. The Morgan fingerprint density at radius 2 is 1.92 bits per heavy atom. The van der Waals surface area contributed by atoms with Gasteiger partial charge in [-0.2, -0.15) is 0 Å². The van der Waals surface area contributed by atoms with Crippen LogP contribution in [0.1, 0.15) is 20.3 Å². The maximum absolute atomic E-state index is 12.8. The van der Waals surface area contributed by atoms with Gasteiger partial charge in [0.1, 0.15) is 5.75 Å². The molecule has 0 aromatic heterocycles. The van der Waals surface area contributed by atoms with Gasteiger partial charge < -0.3 is 9.64 Å². The first-order chi connectivity index (χ1) is 12.4. The van der Waals surface area contributed by atoms with Crippen LogP contribution in [0.3, 0.4) is 0 Å². The number of nitrogens with zero attached hydrogens (tertiary/aromatic N) is 1. The highest BCUT2D eigenvalue weighted by atomic mass is 32.2. The van der Waals surface area contributed by atoms with Crippen molar-refractivity contribution in [2.45, 2.75) is 26.3 Å². The molecule has 140 valence electrons. The summed E-state index contributed by atoms with van der Waals surface area (Å²) < 4.78 is 29.4. The molecule has 3 rings (SSSR count). The number of sulfone groups is 1. The number of amides is 1. The third-order valence-electron chi connectivity index (χ3n) is 4.63. The van der Waals surface area contributed by atoms with Gasteiger partial charge in [-0.3, -0.25) is 4.79 Å². The van der Waals surface area contributed by atoms with Crippen LogP contribution in [0.4, 0.5) is 0 Å². The molecular weight excluding hydrogens is 350 g/mol. The van der Waals surface area contributed by atoms with E-state index in [1.54, 1.807) is 4.90 Å². The third-order valence-corrected chi connectivity index (χ3v) is 6.38. The molecule has 6 heteroatoms. The van der Waals surface area contributed by atoms with E-state index in [2.05, 4.69) is 0 Å². The van der Waals surface area contributed by atoms with Crippen LogP contribution in [0.15, 0.2) is 42.5 Å². The van der Waals surface area contributed by atoms with Crippen molar-refractivity contribution in [1.82, 2.24) is 4.90 Å². The molecule has 0 N–H and O–H groups in total. The van der Waals surface area contributed by atoms with Crippen molar-refractivity contribution < 1.29 is 17.9 Å². The van der Waals surface area contributed by atoms with Crippen LogP contribution < -0.4 is 4.74 Å². The van der Waals surface area contributed by atoms with Crippen LogP contribution in [0.5, 0.6) is 5.75 Å². The van der Waals surface area contributed by atoms with Gasteiger partial charge in [-0.1, -0.05) is 50.2 Å². The highest BCUT2D eigenvalue weighted by molar-refractivity contribution is 7.91. The van der Waals surface area contributed by atoms with Gasteiger partial charge in [0, 0.05) is 18.0 Å². The molecule has 0 aliphatic carbocycles. The molecule has 1 heterocycles. The normalized spacial score (nSPS) is 19.0. The van der Waals surface area contributed by atoms with Crippen LogP contribution in [-0.2, 0) is 14.6 Å². The molecule has 2 aromatic carbocycles. The number of fused-ring (bicyclic) bond motifs is 1. The van der Waals surface area contributed by atoms with Crippen LogP contribution in [0, 0.1) is 5.92 Å². The van der Waals surface area contributed by atoms with Gasteiger partial charge in [0.25, 0.3) is 5.91 Å². The van der Waals surface area contributed by atoms with E-state index in [0.29, 0.717) is 18.7 Å². The summed E-state index contributed by atoms with van der Waals surface area (Å²) in [5.41, 5.74) is 0. The Bertz CT molecular complexity index is 886. The summed E-state index contributed by atoms with van der Waals surface area (Å²) >= 11 is 0. The first kappa shape index (κ1) is 18.7. The Kier molecular flexibility index (Phi) is 5.51. The monoisotopic (exact) mass is 375 g/mol. The Hall–Kier alpha value is -2.08. The number of rotatable bonds is 6. The van der Waals surface area contributed by atoms with Crippen molar-refractivity contribution in [2.75, 3.05) is 24.7 Å². The van der Waals surface area contributed by atoms with Crippen molar-refractivity contribution in [1.29, 1.82) is 0 Å². The van der Waals surface area contributed by atoms with Crippen molar-refractivity contribution in [3.63, 3.8) is 0 Å². The largest absolute Gasteiger partial charge is 0.483 e. The first-order valence-corrected chi connectivity index (χ1v) is 10.8. The van der Waals surface area contributed by atoms with Crippen LogP contribution in [0.2, 0.25) is 0 Å². The van der Waals surface area contributed by atoms with Gasteiger partial charge in [-0.05, 0) is 23.8 Å². The SMILES string of the molecule is CC(C)CN(C(=O)COc1cccc2ccccc12)[C@H]1CCS(=O)(=O)C1. The summed E-state index contributed by atoms with van der Waals surface area (Å²) in [5, 5.41) is 2.01. The highest BCUT2D eigenvalue weighted by Gasteiger charge is 2.34. The smallest absolute Gasteiger partial charge is 0.260 e. The summed E-state index contributed by atoms with van der Waals surface area (Å²) in [6, 6.07) is 13.4. The molecule has 26 heavy (non-hydrogen) atoms. The zero-order valence-electron chi connectivity index (χ0n) is 15.2. The summed E-state index contributed by atoms with van der Waals surface area (Å²) in [6.45, 7) is 4.50. The van der Waals surface area contributed by atoms with E-state index in [1.807, 2.05) is 56.3 Å². The van der Waals surface area contributed by atoms with Gasteiger partial charge in [-0.25, -0.2) is 8.42 Å². The third kappa shape index (κ3) is 4.36. The molecule has 1 saturated heterocycles. The van der Waals surface area contributed by atoms with Crippen molar-refractivity contribution in [2.24, 2.45) is 5.92 Å². The lowest BCUT2D eigenvalue weighted by molar-refractivity contribution is -0.135. The fraction of sp³-hybridized carbons (Fsp3) is 0.450. The fourth-order valence-electron chi connectivity index (χ4n) is 3.41. The maximum Gasteiger partial charge on any atom is 0.260 e. The van der Waals surface area contributed by atoms with E-state index in [0.717, 1.165) is 10.8 Å². The minimum absolute atomic E-state index is 0.0553. The van der Waals surface area contributed by atoms with Gasteiger partial charge in [-0.15, -0.1) is 0 Å². The second-order valence-electron chi connectivity index (χ2n) is 7.26. The molecule has 1 atom stereocenters. The van der Waals surface area contributed by atoms with E-state index < -0.39 is 9.84 Å². The minimum atomic E-state index is -3.04. The van der Waals surface area contributed by atoms with Crippen molar-refractivity contribution in [3.05, 3.63) is 42.5 Å². The predicted molar refractivity (Wildman–Crippen MR) is 103 cm³/mol. The molecule has 0 saturated carbocycles. The lowest BCUT2D eigenvalue weighted by Gasteiger charge is -2.30. The number of carbonyl (C=O) groups is 1. The number of ether oxygens (including phenoxy) is 1. The second-order valence-corrected chi connectivity index (χ2v) is 9.49. The average molecular weight is 375 g/mol. The van der Waals surface area contributed by atoms with E-state index in [4.69, 9.17) is 4.74 Å². The van der Waals surface area contributed by atoms with Crippen LogP contribution >= 0.6 is 0 Å². The Labute approximate surface area is 154 Å². The highest BCUT2D eigenvalue weighted by Crippen LogP contribution is 2.25. The molecule has 5 nitrogen and oxygen atoms in total. The zero-order chi connectivity index (χ0) is 18.7. The minimum Gasteiger partial charge on any atom is -0.483 e. The number of hydrogen-bond acceptors (Lipinski definition) is 4. The lowest BCUT2D eigenvalue weighted by atomic mass is 10.1. The molecule has 1 aliphatic rings. The van der Waals surface area contributed by atoms with Crippen LogP contribution in [0.25, 0.3) is 10.8 Å². The zero-order valence-corrected chi connectivity index (χ0v) is 16.0. The van der Waals surface area contributed by atoms with E-state index in [9.17, 15) is 13.2 Å². The number of carbonyl (C=O) groups excluding carboxylic acids is 1. The molecule has 1 fully saturated rings. The fourth-order valence-corrected chi connectivity index (χ4v) is 5.14. The van der Waals surface area contributed by atoms with Gasteiger partial charge in [0.05, 0.1) is 11.5 Å². The standard InChI is InChI=1S/C20H25NO4S/c1-15(2)12-21(17-10-11-26(23,24)14-17)20(22)13-25-19-9-5-7-16-6-3-4-8-18(16)19/h3-9,15,17H,10-14H2,1-2H3/t17-/m0/s1. The van der Waals surface area contributed by atoms with Crippen molar-refractivity contribution >= 4 is 26.5 Å². The predicted octanol–water partition coefficient (Wildman–Crippen LogP) is 2.89. The molecule has 0 bridgehead atoms. The van der Waals surface area contributed by atoms with E-state index >= 15 is 0 Å². The number of hydrogen-bond donors (Lipinski definition) is 0. The summed E-state index contributed by atoms with van der Waals surface area (Å²) in [4.78, 5) is 14.5. The van der Waals surface area contributed by atoms with E-state index in [1.165, 1.54) is 0 Å². The Balaban J connectivity index is 1.73. The first-order valence-electron chi connectivity index (χ1n) is 8.96. The summed E-state index contributed by atoms with van der Waals surface area (Å²) in [5.74, 6) is 0.984. The van der Waals surface area contributed by atoms with Gasteiger partial charge in [0.2, 0.25) is 0 Å². The average Bonchev–Trinajstić information content (AvgIpc) is 2.97. The molecule has 0 spiro atoms. The topological polar surface area (TPSA) is 63.7 Å². The van der Waals surface area contributed by atoms with E-state index in [-0.39, 0.29) is 36.0 Å². The van der Waals surface area contributed by atoms with Gasteiger partial charge in [0.15, 0.2) is 16.4 Å². The molecule has 0 unspecified atom stereocenters. The van der Waals surface area contributed by atoms with Crippen molar-refractivity contribution in [3.8, 4) is 5.75 Å². The molecular formula is C20H25NO4S. The van der Waals surface area contributed by atoms with Crippen LogP contribution in [-0.4, -0.2) is 49.9 Å². The Morgan fingerprint density at radius 1 is 1.19 bits per heavy atom. The molecule has 0 radical (unpaired) electrons. The lowest BCUT2D eigenvalue weighted by Crippen LogP contribution is -2.45. The molecule has 1 amide bonds. The molecule has 1 aliphatic heterocycles. The Morgan fingerprint density at radius 3 is 2.62 bits per heavy atom. The quantitative estimate of drug-likeness (QED) is 0.779.